The van der Waals surface area contributed by atoms with Crippen molar-refractivity contribution in [2.45, 2.75) is 0 Å². The Bertz CT molecular complexity index is 364. The summed E-state index contributed by atoms with van der Waals surface area (Å²) in [6, 6.07) is 6.67. The van der Waals surface area contributed by atoms with E-state index < -0.39 is 11.8 Å². The fourth-order valence-electron chi connectivity index (χ4n) is 0.807. The normalized spacial score (nSPS) is 9.14. The summed E-state index contributed by atoms with van der Waals surface area (Å²) in [6.45, 7) is 0. The highest BCUT2D eigenvalue weighted by atomic mass is 16.2. The maximum absolute atomic E-state index is 10.7. The molecule has 2 amide bonds. The first kappa shape index (κ1) is 9.85. The summed E-state index contributed by atoms with van der Waals surface area (Å²) in [6.07, 6.45) is 0. The topological polar surface area (TPSA) is 110 Å². The van der Waals surface area contributed by atoms with E-state index in [0.717, 1.165) is 0 Å². The average Bonchev–Trinajstić information content (AvgIpc) is 2.14. The van der Waals surface area contributed by atoms with Crippen LogP contribution in [0.3, 0.4) is 0 Å². The fraction of sp³-hybridized carbons (Fsp3) is 0. The van der Waals surface area contributed by atoms with Gasteiger partial charge in [-0.05, 0) is 18.2 Å². The second-order valence-corrected chi connectivity index (χ2v) is 2.57. The lowest BCUT2D eigenvalue weighted by molar-refractivity contribution is -0.136. The van der Waals surface area contributed by atoms with E-state index >= 15 is 0 Å². The highest BCUT2D eigenvalue weighted by molar-refractivity contribution is 6.34. The van der Waals surface area contributed by atoms with E-state index in [9.17, 15) is 9.59 Å². The minimum Gasteiger partial charge on any atom is -0.399 e. The number of rotatable bonds is 2. The van der Waals surface area contributed by atoms with E-state index in [0.29, 0.717) is 11.4 Å². The third-order valence-electron chi connectivity index (χ3n) is 1.43. The Hall–Kier alpha value is -2.24. The van der Waals surface area contributed by atoms with Crippen LogP contribution in [0.1, 0.15) is 0 Å². The van der Waals surface area contributed by atoms with Crippen LogP contribution in [0.15, 0.2) is 24.3 Å². The van der Waals surface area contributed by atoms with Gasteiger partial charge in [0.05, 0.1) is 5.69 Å². The zero-order valence-corrected chi connectivity index (χ0v) is 7.28. The van der Waals surface area contributed by atoms with E-state index in [1.54, 1.807) is 24.3 Å². The number of amides is 2. The number of nitrogens with two attached hydrogens (primary N) is 2. The first-order valence-electron chi connectivity index (χ1n) is 3.81. The van der Waals surface area contributed by atoms with E-state index in [4.69, 9.17) is 11.5 Å². The number of hydrogen-bond acceptors (Lipinski definition) is 4. The average molecular weight is 194 g/mol. The lowest BCUT2D eigenvalue weighted by Crippen LogP contribution is -2.39. The Morgan fingerprint density at radius 1 is 1.29 bits per heavy atom. The van der Waals surface area contributed by atoms with Crippen molar-refractivity contribution in [3.63, 3.8) is 0 Å². The van der Waals surface area contributed by atoms with E-state index in [1.165, 1.54) is 0 Å². The monoisotopic (exact) mass is 194 g/mol. The van der Waals surface area contributed by atoms with Gasteiger partial charge in [0.15, 0.2) is 0 Å². The van der Waals surface area contributed by atoms with Crippen LogP contribution >= 0.6 is 0 Å². The molecule has 0 bridgehead atoms. The van der Waals surface area contributed by atoms with Crippen LogP contribution < -0.4 is 22.3 Å². The second kappa shape index (κ2) is 4.13. The van der Waals surface area contributed by atoms with Crippen LogP contribution in [0.25, 0.3) is 0 Å². The molecule has 0 fully saturated rings. The molecule has 6 heteroatoms. The first-order valence-corrected chi connectivity index (χ1v) is 3.81. The fourth-order valence-corrected chi connectivity index (χ4v) is 0.807. The Morgan fingerprint density at radius 2 is 2.00 bits per heavy atom. The van der Waals surface area contributed by atoms with Gasteiger partial charge in [0.25, 0.3) is 0 Å². The highest BCUT2D eigenvalue weighted by Crippen LogP contribution is 2.09. The summed E-state index contributed by atoms with van der Waals surface area (Å²) in [5.74, 6) is -1.96. The third kappa shape index (κ3) is 2.67. The molecule has 0 aliphatic heterocycles. The van der Waals surface area contributed by atoms with Crippen molar-refractivity contribution in [1.82, 2.24) is 5.43 Å². The maximum atomic E-state index is 10.7. The van der Waals surface area contributed by atoms with E-state index in [-0.39, 0.29) is 0 Å². The van der Waals surface area contributed by atoms with Crippen LogP contribution in [-0.4, -0.2) is 11.8 Å². The molecule has 0 saturated carbocycles. The van der Waals surface area contributed by atoms with Crippen molar-refractivity contribution >= 4 is 23.2 Å². The SMILES string of the molecule is NC(=O)C(=O)NNc1cccc(N)c1. The highest BCUT2D eigenvalue weighted by Gasteiger charge is 2.06. The molecule has 0 saturated heterocycles. The zero-order chi connectivity index (χ0) is 10.6. The third-order valence-corrected chi connectivity index (χ3v) is 1.43. The molecule has 0 aliphatic rings. The molecule has 1 aromatic carbocycles. The summed E-state index contributed by atoms with van der Waals surface area (Å²) < 4.78 is 0. The molecular weight excluding hydrogens is 184 g/mol. The Morgan fingerprint density at radius 3 is 2.57 bits per heavy atom. The predicted molar refractivity (Wildman–Crippen MR) is 51.8 cm³/mol. The molecule has 1 rings (SSSR count). The maximum Gasteiger partial charge on any atom is 0.327 e. The predicted octanol–water partition coefficient (Wildman–Crippen LogP) is -0.803. The Kier molecular flexibility index (Phi) is 2.90. The van der Waals surface area contributed by atoms with Gasteiger partial charge < -0.3 is 11.5 Å². The van der Waals surface area contributed by atoms with Gasteiger partial charge in [-0.2, -0.15) is 0 Å². The lowest BCUT2D eigenvalue weighted by Gasteiger charge is -2.06. The molecule has 0 atom stereocenters. The first-order chi connectivity index (χ1) is 6.59. The number of primary amides is 1. The molecule has 0 spiro atoms. The molecular formula is C8H10N4O2. The van der Waals surface area contributed by atoms with Crippen molar-refractivity contribution in [2.24, 2.45) is 5.73 Å². The number of nitrogens with one attached hydrogen (secondary N) is 2. The van der Waals surface area contributed by atoms with Gasteiger partial charge in [-0.25, -0.2) is 0 Å². The van der Waals surface area contributed by atoms with E-state index in [1.807, 2.05) is 0 Å². The van der Waals surface area contributed by atoms with Gasteiger partial charge in [0.2, 0.25) is 0 Å². The standard InChI is InChI=1S/C8H10N4O2/c9-5-2-1-3-6(4-5)11-12-8(14)7(10)13/h1-4,11H,9H2,(H2,10,13)(H,12,14). The molecule has 0 heterocycles. The largest absolute Gasteiger partial charge is 0.399 e. The minimum atomic E-state index is -1.05. The van der Waals surface area contributed by atoms with Gasteiger partial charge in [-0.15, -0.1) is 0 Å². The van der Waals surface area contributed by atoms with Crippen LogP contribution in [-0.2, 0) is 9.59 Å². The number of anilines is 2. The van der Waals surface area contributed by atoms with Crippen molar-refractivity contribution in [3.05, 3.63) is 24.3 Å². The van der Waals surface area contributed by atoms with Gasteiger partial charge in [0, 0.05) is 5.69 Å². The van der Waals surface area contributed by atoms with Crippen molar-refractivity contribution in [3.8, 4) is 0 Å². The van der Waals surface area contributed by atoms with Crippen LogP contribution in [0.4, 0.5) is 11.4 Å². The molecule has 1 aromatic rings. The molecule has 0 radical (unpaired) electrons. The summed E-state index contributed by atoms with van der Waals surface area (Å²) in [5, 5.41) is 0. The van der Waals surface area contributed by atoms with Crippen molar-refractivity contribution in [1.29, 1.82) is 0 Å². The smallest absolute Gasteiger partial charge is 0.327 e. The number of carbonyl (C=O) groups excluding carboxylic acids is 2. The number of nitrogen functional groups attached to an aromatic ring is 1. The molecule has 6 N–H and O–H groups in total. The minimum absolute atomic E-state index is 0.545. The van der Waals surface area contributed by atoms with Crippen molar-refractivity contribution in [2.75, 3.05) is 11.2 Å². The molecule has 6 nitrogen and oxygen atoms in total. The number of benzene rings is 1. The van der Waals surface area contributed by atoms with Gasteiger partial charge in [-0.1, -0.05) is 6.07 Å². The number of hydrazine groups is 1. The second-order valence-electron chi connectivity index (χ2n) is 2.57. The van der Waals surface area contributed by atoms with Gasteiger partial charge in [-0.3, -0.25) is 20.4 Å². The number of hydrogen-bond donors (Lipinski definition) is 4. The summed E-state index contributed by atoms with van der Waals surface area (Å²) >= 11 is 0. The Balaban J connectivity index is 2.54. The summed E-state index contributed by atoms with van der Waals surface area (Å²) in [7, 11) is 0. The molecule has 14 heavy (non-hydrogen) atoms. The van der Waals surface area contributed by atoms with E-state index in [2.05, 4.69) is 10.9 Å². The van der Waals surface area contributed by atoms with Crippen LogP contribution in [0, 0.1) is 0 Å². The molecule has 0 unspecified atom stereocenters. The van der Waals surface area contributed by atoms with Gasteiger partial charge in [0.1, 0.15) is 0 Å². The number of carbonyl (C=O) groups is 2. The zero-order valence-electron chi connectivity index (χ0n) is 7.28. The summed E-state index contributed by atoms with van der Waals surface area (Å²) in [4.78, 5) is 21.1. The molecule has 0 aromatic heterocycles. The van der Waals surface area contributed by atoms with Crippen LogP contribution in [0.2, 0.25) is 0 Å². The Labute approximate surface area is 80.2 Å². The lowest BCUT2D eigenvalue weighted by atomic mass is 10.3. The van der Waals surface area contributed by atoms with Crippen LogP contribution in [0.5, 0.6) is 0 Å². The van der Waals surface area contributed by atoms with Gasteiger partial charge >= 0.3 is 11.8 Å². The molecule has 0 aliphatic carbocycles. The summed E-state index contributed by atoms with van der Waals surface area (Å²) in [5.41, 5.74) is 15.9. The molecule has 74 valence electrons. The quantitative estimate of drug-likeness (QED) is 0.280. The van der Waals surface area contributed by atoms with Crippen molar-refractivity contribution < 1.29 is 9.59 Å².